The van der Waals surface area contributed by atoms with Crippen LogP contribution in [0.25, 0.3) is 17.0 Å². The third-order valence-corrected chi connectivity index (χ3v) is 4.82. The van der Waals surface area contributed by atoms with Crippen LogP contribution in [0.15, 0.2) is 54.0 Å². The average Bonchev–Trinajstić information content (AvgIpc) is 3.18. The Kier molecular flexibility index (Phi) is 3.78. The highest BCUT2D eigenvalue weighted by atomic mass is 32.1. The van der Waals surface area contributed by atoms with Crippen molar-refractivity contribution in [2.75, 3.05) is 5.32 Å². The maximum atomic E-state index is 4.75. The van der Waals surface area contributed by atoms with E-state index in [1.54, 1.807) is 11.3 Å². The van der Waals surface area contributed by atoms with Crippen LogP contribution < -0.4 is 5.32 Å². The summed E-state index contributed by atoms with van der Waals surface area (Å²) in [5.41, 5.74) is 6.33. The number of benzene rings is 1. The molecule has 0 saturated heterocycles. The van der Waals surface area contributed by atoms with E-state index in [2.05, 4.69) is 51.3 Å². The molecule has 0 aliphatic heterocycles. The van der Waals surface area contributed by atoms with E-state index in [9.17, 15) is 0 Å². The molecule has 5 heteroatoms. The molecule has 0 bridgehead atoms. The van der Waals surface area contributed by atoms with Gasteiger partial charge < -0.3 is 5.32 Å². The Hall–Kier alpha value is -2.66. The summed E-state index contributed by atoms with van der Waals surface area (Å²) in [5.74, 6) is 0. The molecule has 3 aromatic heterocycles. The fourth-order valence-electron chi connectivity index (χ4n) is 2.81. The number of pyridine rings is 1. The van der Waals surface area contributed by atoms with Crippen LogP contribution in [-0.4, -0.2) is 14.4 Å². The molecule has 0 saturated carbocycles. The molecule has 3 heterocycles. The second-order valence-electron chi connectivity index (χ2n) is 5.69. The van der Waals surface area contributed by atoms with Gasteiger partial charge in [-0.2, -0.15) is 0 Å². The highest BCUT2D eigenvalue weighted by molar-refractivity contribution is 7.14. The molecule has 0 amide bonds. The Morgan fingerprint density at radius 2 is 1.92 bits per heavy atom. The number of nitrogens with zero attached hydrogens (tertiary/aromatic N) is 3. The standard InChI is InChI=1S/C19H18N4S/c1-3-14-7-9-15(10-8-14)21-19-22-16(12-24-19)18-13(2)20-17-6-4-5-11-23(17)18/h4-12H,3H2,1-2H3,(H,21,22). The number of hydrogen-bond acceptors (Lipinski definition) is 4. The zero-order valence-electron chi connectivity index (χ0n) is 13.7. The molecule has 0 atom stereocenters. The number of thiazole rings is 1. The Labute approximate surface area is 144 Å². The largest absolute Gasteiger partial charge is 0.332 e. The van der Waals surface area contributed by atoms with Crippen molar-refractivity contribution in [2.45, 2.75) is 20.3 Å². The van der Waals surface area contributed by atoms with Crippen molar-refractivity contribution < 1.29 is 0 Å². The SMILES string of the molecule is CCc1ccc(Nc2nc(-c3c(C)nc4ccccn34)cs2)cc1. The summed E-state index contributed by atoms with van der Waals surface area (Å²) in [6, 6.07) is 14.5. The fourth-order valence-corrected chi connectivity index (χ4v) is 3.52. The van der Waals surface area contributed by atoms with E-state index < -0.39 is 0 Å². The van der Waals surface area contributed by atoms with Crippen LogP contribution in [0.4, 0.5) is 10.8 Å². The lowest BCUT2D eigenvalue weighted by Crippen LogP contribution is -1.92. The van der Waals surface area contributed by atoms with E-state index in [1.165, 1.54) is 5.56 Å². The Balaban J connectivity index is 1.65. The van der Waals surface area contributed by atoms with E-state index in [4.69, 9.17) is 4.98 Å². The maximum absolute atomic E-state index is 4.75. The van der Waals surface area contributed by atoms with Gasteiger partial charge in [-0.25, -0.2) is 9.97 Å². The van der Waals surface area contributed by atoms with Crippen LogP contribution >= 0.6 is 11.3 Å². The minimum absolute atomic E-state index is 0.888. The van der Waals surface area contributed by atoms with Gasteiger partial charge in [0.15, 0.2) is 5.13 Å². The number of hydrogen-bond donors (Lipinski definition) is 1. The Morgan fingerprint density at radius 3 is 2.71 bits per heavy atom. The molecule has 0 aliphatic carbocycles. The molecule has 4 nitrogen and oxygen atoms in total. The van der Waals surface area contributed by atoms with Crippen molar-refractivity contribution in [2.24, 2.45) is 0 Å². The molecule has 0 spiro atoms. The summed E-state index contributed by atoms with van der Waals surface area (Å²) >= 11 is 1.61. The van der Waals surface area contributed by atoms with Crippen LogP contribution in [0.2, 0.25) is 0 Å². The van der Waals surface area contributed by atoms with Gasteiger partial charge in [0.25, 0.3) is 0 Å². The molecule has 4 aromatic rings. The van der Waals surface area contributed by atoms with Gasteiger partial charge in [0.1, 0.15) is 11.3 Å². The molecule has 1 N–H and O–H groups in total. The van der Waals surface area contributed by atoms with Gasteiger partial charge in [0.2, 0.25) is 0 Å². The van der Waals surface area contributed by atoms with Gasteiger partial charge in [-0.3, -0.25) is 4.40 Å². The normalized spacial score (nSPS) is 11.1. The third kappa shape index (κ3) is 2.67. The summed E-state index contributed by atoms with van der Waals surface area (Å²) in [4.78, 5) is 9.36. The molecule has 0 radical (unpaired) electrons. The van der Waals surface area contributed by atoms with Crippen molar-refractivity contribution in [3.63, 3.8) is 0 Å². The molecule has 1 aromatic carbocycles. The van der Waals surface area contributed by atoms with Crippen LogP contribution in [0.5, 0.6) is 0 Å². The van der Waals surface area contributed by atoms with Gasteiger partial charge in [-0.15, -0.1) is 11.3 Å². The molecule has 0 fully saturated rings. The molecule has 0 aliphatic rings. The van der Waals surface area contributed by atoms with E-state index in [0.29, 0.717) is 0 Å². The van der Waals surface area contributed by atoms with Gasteiger partial charge in [0, 0.05) is 17.3 Å². The number of nitrogens with one attached hydrogen (secondary N) is 1. The molecule has 0 unspecified atom stereocenters. The lowest BCUT2D eigenvalue weighted by Gasteiger charge is -2.03. The summed E-state index contributed by atoms with van der Waals surface area (Å²) < 4.78 is 2.09. The van der Waals surface area contributed by atoms with Crippen molar-refractivity contribution >= 4 is 27.8 Å². The maximum Gasteiger partial charge on any atom is 0.187 e. The summed E-state index contributed by atoms with van der Waals surface area (Å²) in [6.07, 6.45) is 3.08. The summed E-state index contributed by atoms with van der Waals surface area (Å²) in [7, 11) is 0. The average molecular weight is 334 g/mol. The van der Waals surface area contributed by atoms with Crippen LogP contribution in [0, 0.1) is 6.92 Å². The lowest BCUT2D eigenvalue weighted by atomic mass is 10.1. The van der Waals surface area contributed by atoms with Crippen molar-refractivity contribution in [3.05, 3.63) is 65.3 Å². The molecular formula is C19H18N4S. The lowest BCUT2D eigenvalue weighted by molar-refractivity contribution is 1.14. The minimum atomic E-state index is 0.888. The number of aryl methyl sites for hydroxylation is 2. The van der Waals surface area contributed by atoms with Crippen molar-refractivity contribution in [3.8, 4) is 11.4 Å². The van der Waals surface area contributed by atoms with Gasteiger partial charge in [-0.1, -0.05) is 25.1 Å². The van der Waals surface area contributed by atoms with E-state index in [1.807, 2.05) is 31.3 Å². The van der Waals surface area contributed by atoms with Gasteiger partial charge in [-0.05, 0) is 43.2 Å². The highest BCUT2D eigenvalue weighted by Gasteiger charge is 2.13. The first-order valence-corrected chi connectivity index (χ1v) is 8.88. The first-order chi connectivity index (χ1) is 11.7. The zero-order valence-corrected chi connectivity index (χ0v) is 14.5. The number of aromatic nitrogens is 3. The predicted molar refractivity (Wildman–Crippen MR) is 100 cm³/mol. The van der Waals surface area contributed by atoms with E-state index >= 15 is 0 Å². The number of anilines is 2. The predicted octanol–water partition coefficient (Wildman–Crippen LogP) is 5.07. The number of fused-ring (bicyclic) bond motifs is 1. The molecule has 120 valence electrons. The number of rotatable bonds is 4. The molecule has 4 rings (SSSR count). The minimum Gasteiger partial charge on any atom is -0.332 e. The number of imidazole rings is 1. The third-order valence-electron chi connectivity index (χ3n) is 4.06. The highest BCUT2D eigenvalue weighted by Crippen LogP contribution is 2.29. The monoisotopic (exact) mass is 334 g/mol. The molecule has 24 heavy (non-hydrogen) atoms. The zero-order chi connectivity index (χ0) is 16.5. The van der Waals surface area contributed by atoms with Gasteiger partial charge >= 0.3 is 0 Å². The first-order valence-electron chi connectivity index (χ1n) is 8.00. The topological polar surface area (TPSA) is 42.2 Å². The summed E-state index contributed by atoms with van der Waals surface area (Å²) in [6.45, 7) is 4.19. The van der Waals surface area contributed by atoms with Crippen LogP contribution in [0.1, 0.15) is 18.2 Å². The van der Waals surface area contributed by atoms with Gasteiger partial charge in [0.05, 0.1) is 11.4 Å². The first kappa shape index (κ1) is 14.9. The van der Waals surface area contributed by atoms with Crippen LogP contribution in [0.3, 0.4) is 0 Å². The Morgan fingerprint density at radius 1 is 1.08 bits per heavy atom. The second kappa shape index (κ2) is 6.09. The van der Waals surface area contributed by atoms with Crippen LogP contribution in [-0.2, 0) is 6.42 Å². The quantitative estimate of drug-likeness (QED) is 0.566. The molecular weight excluding hydrogens is 316 g/mol. The smallest absolute Gasteiger partial charge is 0.187 e. The Bertz CT molecular complexity index is 982. The fraction of sp³-hybridized carbons (Fsp3) is 0.158. The summed E-state index contributed by atoms with van der Waals surface area (Å²) in [5, 5.41) is 6.35. The second-order valence-corrected chi connectivity index (χ2v) is 6.55. The van der Waals surface area contributed by atoms with E-state index in [-0.39, 0.29) is 0 Å². The van der Waals surface area contributed by atoms with Crippen molar-refractivity contribution in [1.82, 2.24) is 14.4 Å². The van der Waals surface area contributed by atoms with Crippen molar-refractivity contribution in [1.29, 1.82) is 0 Å². The van der Waals surface area contributed by atoms with E-state index in [0.717, 1.165) is 40.0 Å².